The molecule has 0 aromatic heterocycles. The van der Waals surface area contributed by atoms with E-state index >= 15 is 0 Å². The van der Waals surface area contributed by atoms with E-state index in [0.29, 0.717) is 6.04 Å². The summed E-state index contributed by atoms with van der Waals surface area (Å²) in [4.78, 5) is 2.39. The molecule has 0 amide bonds. The van der Waals surface area contributed by atoms with Crippen LogP contribution in [0.4, 0.5) is 0 Å². The Hall–Kier alpha value is 0.0700. The topological polar surface area (TPSA) is 32.3 Å². The Labute approximate surface area is 96.1 Å². The molecular weight excluding hydrogens is 208 g/mol. The van der Waals surface area contributed by atoms with Crippen LogP contribution in [-0.4, -0.2) is 53.8 Å². The van der Waals surface area contributed by atoms with Gasteiger partial charge in [-0.25, -0.2) is 0 Å². The molecule has 1 aliphatic heterocycles. The normalized spacial score (nSPS) is 23.9. The van der Waals surface area contributed by atoms with Gasteiger partial charge in [0.05, 0.1) is 0 Å². The van der Waals surface area contributed by atoms with Crippen LogP contribution in [0.1, 0.15) is 19.8 Å². The van der Waals surface area contributed by atoms with Crippen molar-refractivity contribution in [2.45, 2.75) is 25.8 Å². The molecule has 0 bridgehead atoms. The van der Waals surface area contributed by atoms with Crippen LogP contribution >= 0.6 is 0 Å². The van der Waals surface area contributed by atoms with Gasteiger partial charge in [0.25, 0.3) is 0 Å². The second kappa shape index (κ2) is 6.61. The molecule has 1 N–H and O–H groups in total. The molecule has 1 fully saturated rings. The van der Waals surface area contributed by atoms with Crippen molar-refractivity contribution in [2.24, 2.45) is 5.92 Å². The highest BCUT2D eigenvalue weighted by molar-refractivity contribution is 7.84. The van der Waals surface area contributed by atoms with Crippen molar-refractivity contribution >= 4 is 10.8 Å². The maximum atomic E-state index is 10.9. The summed E-state index contributed by atoms with van der Waals surface area (Å²) >= 11 is 0. The van der Waals surface area contributed by atoms with Crippen LogP contribution < -0.4 is 5.32 Å². The quantitative estimate of drug-likeness (QED) is 0.757. The molecule has 0 aromatic rings. The molecule has 1 saturated heterocycles. The number of piperidine rings is 1. The number of hydrogen-bond acceptors (Lipinski definition) is 3. The Morgan fingerprint density at radius 1 is 1.47 bits per heavy atom. The molecule has 90 valence electrons. The summed E-state index contributed by atoms with van der Waals surface area (Å²) in [5, 5.41) is 3.49. The zero-order valence-corrected chi connectivity index (χ0v) is 11.0. The summed E-state index contributed by atoms with van der Waals surface area (Å²) in [5.41, 5.74) is 0. The molecule has 0 radical (unpaired) electrons. The highest BCUT2D eigenvalue weighted by Gasteiger charge is 2.21. The first kappa shape index (κ1) is 13.1. The first-order chi connectivity index (χ1) is 7.09. The molecule has 1 aliphatic rings. The van der Waals surface area contributed by atoms with E-state index in [-0.39, 0.29) is 0 Å². The first-order valence-electron chi connectivity index (χ1n) is 5.81. The molecule has 15 heavy (non-hydrogen) atoms. The highest BCUT2D eigenvalue weighted by atomic mass is 32.2. The summed E-state index contributed by atoms with van der Waals surface area (Å²) < 4.78 is 10.9. The van der Waals surface area contributed by atoms with E-state index in [1.54, 1.807) is 6.26 Å². The van der Waals surface area contributed by atoms with Crippen molar-refractivity contribution < 1.29 is 4.21 Å². The Bertz CT molecular complexity index is 203. The van der Waals surface area contributed by atoms with Crippen molar-refractivity contribution in [1.82, 2.24) is 10.2 Å². The van der Waals surface area contributed by atoms with Crippen LogP contribution in [0.2, 0.25) is 0 Å². The molecule has 2 unspecified atom stereocenters. The van der Waals surface area contributed by atoms with E-state index in [9.17, 15) is 4.21 Å². The lowest BCUT2D eigenvalue weighted by atomic mass is 9.90. The van der Waals surface area contributed by atoms with Crippen LogP contribution in [0.5, 0.6) is 0 Å². The number of nitrogens with one attached hydrogen (secondary N) is 1. The Morgan fingerprint density at radius 3 is 2.60 bits per heavy atom. The molecule has 0 saturated carbocycles. The minimum atomic E-state index is -0.663. The SMILES string of the molecule is CC(NCCS(C)=O)C1CCN(C)CC1. The number of hydrogen-bond donors (Lipinski definition) is 1. The van der Waals surface area contributed by atoms with Crippen LogP contribution in [-0.2, 0) is 10.8 Å². The van der Waals surface area contributed by atoms with E-state index in [2.05, 4.69) is 24.2 Å². The third-order valence-electron chi connectivity index (χ3n) is 3.33. The maximum Gasteiger partial charge on any atom is 0.0357 e. The lowest BCUT2D eigenvalue weighted by Crippen LogP contribution is -2.41. The third-order valence-corrected chi connectivity index (χ3v) is 4.11. The summed E-state index contributed by atoms with van der Waals surface area (Å²) in [7, 11) is 1.53. The second-order valence-electron chi connectivity index (χ2n) is 4.66. The number of nitrogens with zero attached hydrogens (tertiary/aromatic N) is 1. The third kappa shape index (κ3) is 5.09. The molecule has 1 heterocycles. The fraction of sp³-hybridized carbons (Fsp3) is 1.00. The summed E-state index contributed by atoms with van der Waals surface area (Å²) in [6.07, 6.45) is 4.35. The fourth-order valence-electron chi connectivity index (χ4n) is 2.13. The van der Waals surface area contributed by atoms with Crippen molar-refractivity contribution in [3.8, 4) is 0 Å². The van der Waals surface area contributed by atoms with Crippen LogP contribution in [0.3, 0.4) is 0 Å². The number of likely N-dealkylation sites (tertiary alicyclic amines) is 1. The van der Waals surface area contributed by atoms with E-state index in [0.717, 1.165) is 18.2 Å². The van der Waals surface area contributed by atoms with Crippen molar-refractivity contribution in [3.05, 3.63) is 0 Å². The van der Waals surface area contributed by atoms with Crippen LogP contribution in [0, 0.1) is 5.92 Å². The predicted octanol–water partition coefficient (Wildman–Crippen LogP) is 0.685. The van der Waals surface area contributed by atoms with Crippen molar-refractivity contribution in [3.63, 3.8) is 0 Å². The summed E-state index contributed by atoms with van der Waals surface area (Å²) in [6.45, 7) is 5.58. The monoisotopic (exact) mass is 232 g/mol. The van der Waals surface area contributed by atoms with E-state index < -0.39 is 10.8 Å². The highest BCUT2D eigenvalue weighted by Crippen LogP contribution is 2.19. The van der Waals surface area contributed by atoms with Crippen molar-refractivity contribution in [1.29, 1.82) is 0 Å². The average Bonchev–Trinajstić information content (AvgIpc) is 2.18. The van der Waals surface area contributed by atoms with Gasteiger partial charge in [-0.05, 0) is 45.8 Å². The minimum absolute atomic E-state index is 0.572. The zero-order chi connectivity index (χ0) is 11.3. The Morgan fingerprint density at radius 2 is 2.07 bits per heavy atom. The predicted molar refractivity (Wildman–Crippen MR) is 66.6 cm³/mol. The molecule has 3 nitrogen and oxygen atoms in total. The number of rotatable bonds is 5. The van der Waals surface area contributed by atoms with Gasteiger partial charge in [-0.1, -0.05) is 0 Å². The molecule has 1 rings (SSSR count). The fourth-order valence-corrected chi connectivity index (χ4v) is 2.53. The molecule has 0 aromatic carbocycles. The van der Waals surface area contributed by atoms with Gasteiger partial charge in [0.2, 0.25) is 0 Å². The van der Waals surface area contributed by atoms with Gasteiger partial charge in [-0.3, -0.25) is 4.21 Å². The lowest BCUT2D eigenvalue weighted by Gasteiger charge is -2.33. The van der Waals surface area contributed by atoms with Gasteiger partial charge >= 0.3 is 0 Å². The maximum absolute atomic E-state index is 10.9. The standard InChI is InChI=1S/C11H24N2OS/c1-10(12-6-9-15(3)14)11-4-7-13(2)8-5-11/h10-12H,4-9H2,1-3H3. The van der Waals surface area contributed by atoms with E-state index in [4.69, 9.17) is 0 Å². The smallest absolute Gasteiger partial charge is 0.0357 e. The Balaban J connectivity index is 2.16. The second-order valence-corrected chi connectivity index (χ2v) is 6.22. The summed E-state index contributed by atoms with van der Waals surface area (Å²) in [5.74, 6) is 1.57. The summed E-state index contributed by atoms with van der Waals surface area (Å²) in [6, 6.07) is 0.572. The molecular formula is C11H24N2OS. The van der Waals surface area contributed by atoms with Gasteiger partial charge in [0, 0.05) is 35.4 Å². The van der Waals surface area contributed by atoms with Gasteiger partial charge in [-0.15, -0.1) is 0 Å². The lowest BCUT2D eigenvalue weighted by molar-refractivity contribution is 0.191. The molecule has 2 atom stereocenters. The molecule has 4 heteroatoms. The van der Waals surface area contributed by atoms with E-state index in [1.165, 1.54) is 25.9 Å². The molecule has 0 spiro atoms. The minimum Gasteiger partial charge on any atom is -0.313 e. The van der Waals surface area contributed by atoms with Gasteiger partial charge in [0.1, 0.15) is 0 Å². The van der Waals surface area contributed by atoms with Crippen LogP contribution in [0.25, 0.3) is 0 Å². The largest absolute Gasteiger partial charge is 0.313 e. The van der Waals surface area contributed by atoms with Gasteiger partial charge < -0.3 is 10.2 Å². The van der Waals surface area contributed by atoms with Crippen LogP contribution in [0.15, 0.2) is 0 Å². The van der Waals surface area contributed by atoms with Gasteiger partial charge in [0.15, 0.2) is 0 Å². The zero-order valence-electron chi connectivity index (χ0n) is 10.2. The Kier molecular flexibility index (Phi) is 5.79. The average molecular weight is 232 g/mol. The van der Waals surface area contributed by atoms with Gasteiger partial charge in [-0.2, -0.15) is 0 Å². The van der Waals surface area contributed by atoms with E-state index in [1.807, 2.05) is 0 Å². The van der Waals surface area contributed by atoms with Crippen molar-refractivity contribution in [2.75, 3.05) is 38.7 Å². The first-order valence-corrected chi connectivity index (χ1v) is 7.54. The molecule has 0 aliphatic carbocycles.